The highest BCUT2D eigenvalue weighted by atomic mass is 32.2. The van der Waals surface area contributed by atoms with E-state index < -0.39 is 10.0 Å². The fourth-order valence-electron chi connectivity index (χ4n) is 4.03. The molecular weight excluding hydrogens is 432 g/mol. The molecular formula is C20H32N8O3S. The zero-order chi connectivity index (χ0) is 22.6. The Kier molecular flexibility index (Phi) is 7.21. The third-order valence-corrected chi connectivity index (χ3v) is 7.25. The monoisotopic (exact) mass is 464 g/mol. The molecule has 176 valence electrons. The molecule has 2 fully saturated rings. The molecule has 2 aromatic heterocycles. The molecule has 1 aliphatic heterocycles. The Morgan fingerprint density at radius 1 is 1.12 bits per heavy atom. The Hall–Kier alpha value is -2.31. The number of ether oxygens (including phenoxy) is 1. The number of anilines is 2. The van der Waals surface area contributed by atoms with Crippen LogP contribution < -0.4 is 19.7 Å². The van der Waals surface area contributed by atoms with Gasteiger partial charge in [0.1, 0.15) is 0 Å². The van der Waals surface area contributed by atoms with Crippen molar-refractivity contribution in [3.63, 3.8) is 0 Å². The van der Waals surface area contributed by atoms with Crippen LogP contribution in [-0.2, 0) is 10.0 Å². The van der Waals surface area contributed by atoms with Crippen LogP contribution in [-0.4, -0.2) is 91.4 Å². The number of nitrogens with zero attached hydrogens (tertiary/aromatic N) is 6. The zero-order valence-corrected chi connectivity index (χ0v) is 19.6. The van der Waals surface area contributed by atoms with Gasteiger partial charge in [0.05, 0.1) is 18.6 Å². The molecule has 0 aromatic carbocycles. The van der Waals surface area contributed by atoms with Crippen LogP contribution in [0.15, 0.2) is 6.20 Å². The van der Waals surface area contributed by atoms with Gasteiger partial charge < -0.3 is 19.9 Å². The van der Waals surface area contributed by atoms with Gasteiger partial charge >= 0.3 is 0 Å². The number of hydrogen-bond acceptors (Lipinski definition) is 10. The van der Waals surface area contributed by atoms with Crippen LogP contribution in [0.25, 0.3) is 11.2 Å². The number of sulfonamides is 1. The maximum absolute atomic E-state index is 12.5. The first-order valence-electron chi connectivity index (χ1n) is 11.3. The Morgan fingerprint density at radius 2 is 1.88 bits per heavy atom. The molecule has 11 nitrogen and oxygen atoms in total. The smallest absolute Gasteiger partial charge is 0.233 e. The van der Waals surface area contributed by atoms with Gasteiger partial charge in [-0.15, -0.1) is 0 Å². The third-order valence-electron chi connectivity index (χ3n) is 5.82. The van der Waals surface area contributed by atoms with Crippen LogP contribution in [0.4, 0.5) is 11.8 Å². The summed E-state index contributed by atoms with van der Waals surface area (Å²) >= 11 is 0. The molecule has 3 heterocycles. The van der Waals surface area contributed by atoms with Gasteiger partial charge in [-0.3, -0.25) is 0 Å². The van der Waals surface area contributed by atoms with Crippen LogP contribution in [0.1, 0.15) is 32.6 Å². The minimum Gasteiger partial charge on any atom is -0.477 e. The fraction of sp³-hybridized carbons (Fsp3) is 0.700. The summed E-state index contributed by atoms with van der Waals surface area (Å²) < 4.78 is 33.3. The van der Waals surface area contributed by atoms with E-state index in [2.05, 4.69) is 46.8 Å². The number of nitrogens with one attached hydrogen (secondary N) is 2. The predicted octanol–water partition coefficient (Wildman–Crippen LogP) is 0.844. The van der Waals surface area contributed by atoms with Crippen molar-refractivity contribution in [3.05, 3.63) is 6.20 Å². The summed E-state index contributed by atoms with van der Waals surface area (Å²) in [6.07, 6.45) is 5.52. The maximum Gasteiger partial charge on any atom is 0.233 e. The summed E-state index contributed by atoms with van der Waals surface area (Å²) in [5, 5.41) is 3.16. The largest absolute Gasteiger partial charge is 0.477 e. The molecule has 0 radical (unpaired) electrons. The molecule has 0 spiro atoms. The molecule has 12 heteroatoms. The molecule has 1 saturated carbocycles. The van der Waals surface area contributed by atoms with Gasteiger partial charge in [-0.2, -0.15) is 9.97 Å². The van der Waals surface area contributed by atoms with Crippen LogP contribution in [0, 0.1) is 0 Å². The van der Waals surface area contributed by atoms with E-state index in [4.69, 9.17) is 4.74 Å². The minimum atomic E-state index is -3.37. The van der Waals surface area contributed by atoms with Gasteiger partial charge in [0, 0.05) is 38.8 Å². The number of fused-ring (bicyclic) bond motifs is 1. The van der Waals surface area contributed by atoms with E-state index in [1.807, 2.05) is 6.92 Å². The lowest BCUT2D eigenvalue weighted by Crippen LogP contribution is -2.45. The molecule has 2 aliphatic rings. The first-order valence-corrected chi connectivity index (χ1v) is 12.9. The fourth-order valence-corrected chi connectivity index (χ4v) is 5.26. The lowest BCUT2D eigenvalue weighted by molar-refractivity contribution is 0.311. The molecule has 32 heavy (non-hydrogen) atoms. The van der Waals surface area contributed by atoms with Crippen molar-refractivity contribution in [2.24, 2.45) is 0 Å². The Bertz CT molecular complexity index is 1020. The van der Waals surface area contributed by atoms with Gasteiger partial charge in [0.25, 0.3) is 0 Å². The summed E-state index contributed by atoms with van der Waals surface area (Å²) in [7, 11) is -1.28. The highest BCUT2D eigenvalue weighted by Gasteiger charge is 2.22. The van der Waals surface area contributed by atoms with Crippen LogP contribution >= 0.6 is 0 Å². The van der Waals surface area contributed by atoms with Crippen molar-refractivity contribution in [1.29, 1.82) is 0 Å². The van der Waals surface area contributed by atoms with E-state index >= 15 is 0 Å². The third kappa shape index (κ3) is 5.73. The lowest BCUT2D eigenvalue weighted by atomic mass is 10.3. The number of aromatic nitrogens is 4. The van der Waals surface area contributed by atoms with E-state index in [9.17, 15) is 8.42 Å². The number of piperazine rings is 1. The molecule has 4 rings (SSSR count). The van der Waals surface area contributed by atoms with Crippen molar-refractivity contribution in [3.8, 4) is 5.88 Å². The Balaban J connectivity index is 1.53. The second kappa shape index (κ2) is 10.1. The van der Waals surface area contributed by atoms with E-state index in [1.165, 1.54) is 0 Å². The van der Waals surface area contributed by atoms with Gasteiger partial charge in [0.15, 0.2) is 17.0 Å². The topological polar surface area (TPSA) is 125 Å². The van der Waals surface area contributed by atoms with Crippen LogP contribution in [0.2, 0.25) is 0 Å². The first-order chi connectivity index (χ1) is 15.4. The predicted molar refractivity (Wildman–Crippen MR) is 124 cm³/mol. The highest BCUT2D eigenvalue weighted by Crippen LogP contribution is 2.23. The van der Waals surface area contributed by atoms with Gasteiger partial charge in [-0.05, 0) is 26.8 Å². The van der Waals surface area contributed by atoms with Crippen LogP contribution in [0.5, 0.6) is 5.88 Å². The van der Waals surface area contributed by atoms with E-state index in [0.717, 1.165) is 51.9 Å². The van der Waals surface area contributed by atoms with Crippen molar-refractivity contribution in [2.45, 2.75) is 38.6 Å². The van der Waals surface area contributed by atoms with Crippen molar-refractivity contribution in [1.82, 2.24) is 29.6 Å². The summed E-state index contributed by atoms with van der Waals surface area (Å²) in [5.74, 6) is 1.37. The standard InChI is InChI=1S/C20H32N8O3S/c1-3-31-16-14-22-19-17(23-16)18(24-20(25-19)28-11-9-27(2)10-12-28)21-8-13-32(29,30)26-15-6-4-5-7-15/h14-15,26H,3-13H2,1-2H3,(H,21,22,24,25). The average Bonchev–Trinajstić information content (AvgIpc) is 3.26. The van der Waals surface area contributed by atoms with E-state index in [-0.39, 0.29) is 18.3 Å². The second-order valence-electron chi connectivity index (χ2n) is 8.32. The molecule has 1 aliphatic carbocycles. The average molecular weight is 465 g/mol. The summed E-state index contributed by atoms with van der Waals surface area (Å²) in [4.78, 5) is 22.6. The highest BCUT2D eigenvalue weighted by molar-refractivity contribution is 7.89. The molecule has 0 atom stereocenters. The normalized spacial score (nSPS) is 18.4. The molecule has 0 unspecified atom stereocenters. The van der Waals surface area contributed by atoms with Gasteiger partial charge in [0.2, 0.25) is 21.9 Å². The molecule has 0 bridgehead atoms. The summed E-state index contributed by atoms with van der Waals surface area (Å²) in [6, 6.07) is 0.0586. The minimum absolute atomic E-state index is 0.0442. The summed E-state index contributed by atoms with van der Waals surface area (Å²) in [6.45, 7) is 6.01. The molecule has 1 saturated heterocycles. The second-order valence-corrected chi connectivity index (χ2v) is 10.2. The van der Waals surface area contributed by atoms with Crippen molar-refractivity contribution < 1.29 is 13.2 Å². The Morgan fingerprint density at radius 3 is 2.59 bits per heavy atom. The van der Waals surface area contributed by atoms with Crippen molar-refractivity contribution >= 4 is 33.0 Å². The SMILES string of the molecule is CCOc1cnc2nc(N3CCN(C)CC3)nc(NCCS(=O)(=O)NC3CCCC3)c2n1. The quantitative estimate of drug-likeness (QED) is 0.551. The van der Waals surface area contributed by atoms with E-state index in [0.29, 0.717) is 35.4 Å². The summed E-state index contributed by atoms with van der Waals surface area (Å²) in [5.41, 5.74) is 0.918. The zero-order valence-electron chi connectivity index (χ0n) is 18.7. The van der Waals surface area contributed by atoms with E-state index in [1.54, 1.807) is 6.20 Å². The van der Waals surface area contributed by atoms with Crippen LogP contribution in [0.3, 0.4) is 0 Å². The first kappa shape index (κ1) is 22.9. The molecule has 0 amide bonds. The molecule has 2 N–H and O–H groups in total. The molecule has 2 aromatic rings. The van der Waals surface area contributed by atoms with Crippen molar-refractivity contribution in [2.75, 3.05) is 62.3 Å². The van der Waals surface area contributed by atoms with Gasteiger partial charge in [-0.1, -0.05) is 12.8 Å². The Labute approximate surface area is 189 Å². The lowest BCUT2D eigenvalue weighted by Gasteiger charge is -2.32. The number of hydrogen-bond donors (Lipinski definition) is 2. The number of likely N-dealkylation sites (N-methyl/N-ethyl adjacent to an activating group) is 1. The number of rotatable bonds is 9. The van der Waals surface area contributed by atoms with Gasteiger partial charge in [-0.25, -0.2) is 23.1 Å². The maximum atomic E-state index is 12.5.